The van der Waals surface area contributed by atoms with E-state index >= 15 is 0 Å². The van der Waals surface area contributed by atoms with Crippen LogP contribution in [-0.4, -0.2) is 37.4 Å². The van der Waals surface area contributed by atoms with Crippen molar-refractivity contribution in [2.75, 3.05) is 20.5 Å². The molecule has 3 atom stereocenters. The monoisotopic (exact) mass is 429 g/mol. The summed E-state index contributed by atoms with van der Waals surface area (Å²) in [6.45, 7) is 1.13. The zero-order valence-corrected chi connectivity index (χ0v) is 17.7. The number of nitrogens with zero attached hydrogens (tertiary/aromatic N) is 1. The summed E-state index contributed by atoms with van der Waals surface area (Å²) in [5.74, 6) is 2.12. The SMILES string of the molecule is CO[C@@H](C(=O)N1Cc2ccccc2C2c3cc4c(cc3OC[C@H]21)OCO4)c1ccccc1. The Morgan fingerprint density at radius 3 is 2.50 bits per heavy atom. The Kier molecular flexibility index (Phi) is 4.54. The molecule has 3 aliphatic rings. The molecule has 32 heavy (non-hydrogen) atoms. The third kappa shape index (κ3) is 2.94. The van der Waals surface area contributed by atoms with Gasteiger partial charge in [-0.25, -0.2) is 0 Å². The van der Waals surface area contributed by atoms with E-state index in [1.54, 1.807) is 7.11 Å². The molecule has 0 N–H and O–H groups in total. The van der Waals surface area contributed by atoms with Crippen molar-refractivity contribution >= 4 is 5.91 Å². The van der Waals surface area contributed by atoms with Crippen LogP contribution in [0.3, 0.4) is 0 Å². The molecule has 6 nitrogen and oxygen atoms in total. The lowest BCUT2D eigenvalue weighted by Gasteiger charge is -2.46. The van der Waals surface area contributed by atoms with Crippen molar-refractivity contribution in [2.45, 2.75) is 24.6 Å². The maximum Gasteiger partial charge on any atom is 0.257 e. The van der Waals surface area contributed by atoms with E-state index in [0.717, 1.165) is 22.4 Å². The van der Waals surface area contributed by atoms with E-state index in [1.807, 2.05) is 53.4 Å². The number of rotatable bonds is 3. The first-order chi connectivity index (χ1) is 15.7. The third-order valence-corrected chi connectivity index (χ3v) is 6.61. The summed E-state index contributed by atoms with van der Waals surface area (Å²) in [6.07, 6.45) is -0.666. The third-order valence-electron chi connectivity index (χ3n) is 6.61. The van der Waals surface area contributed by atoms with Crippen LogP contribution < -0.4 is 14.2 Å². The summed E-state index contributed by atoms with van der Waals surface area (Å²) >= 11 is 0. The highest BCUT2D eigenvalue weighted by atomic mass is 16.7. The topological polar surface area (TPSA) is 57.2 Å². The van der Waals surface area contributed by atoms with Crippen LogP contribution in [0.25, 0.3) is 0 Å². The van der Waals surface area contributed by atoms with Crippen LogP contribution in [0.1, 0.15) is 34.3 Å². The Labute approximate surface area is 186 Å². The molecule has 3 aliphatic heterocycles. The van der Waals surface area contributed by atoms with Gasteiger partial charge in [0.2, 0.25) is 6.79 Å². The maximum atomic E-state index is 13.8. The number of amides is 1. The van der Waals surface area contributed by atoms with Crippen LogP contribution in [0, 0.1) is 0 Å². The number of carbonyl (C=O) groups is 1. The first kappa shape index (κ1) is 19.2. The number of carbonyl (C=O) groups excluding carboxylic acids is 1. The molecule has 0 aromatic heterocycles. The summed E-state index contributed by atoms with van der Waals surface area (Å²) in [6, 6.07) is 21.7. The van der Waals surface area contributed by atoms with Gasteiger partial charge in [0.15, 0.2) is 17.6 Å². The van der Waals surface area contributed by atoms with Gasteiger partial charge in [0.25, 0.3) is 5.91 Å². The molecular weight excluding hydrogens is 406 g/mol. The number of fused-ring (bicyclic) bond motifs is 6. The van der Waals surface area contributed by atoms with Gasteiger partial charge in [0, 0.05) is 31.2 Å². The minimum absolute atomic E-state index is 0.0181. The lowest BCUT2D eigenvalue weighted by Crippen LogP contribution is -2.53. The summed E-state index contributed by atoms with van der Waals surface area (Å²) in [5.41, 5.74) is 4.22. The molecule has 0 radical (unpaired) electrons. The molecule has 0 fully saturated rings. The molecule has 0 saturated carbocycles. The standard InChI is InChI=1S/C26H23NO5/c1-29-25(16-7-3-2-4-8-16)26(28)27-13-17-9-5-6-10-18(17)24-19-11-22-23(32-15-31-22)12-21(19)30-14-20(24)27/h2-12,20,24-25H,13-15H2,1H3/t20-,24?,25-/m1/s1. The highest BCUT2D eigenvalue weighted by Crippen LogP contribution is 2.49. The van der Waals surface area contributed by atoms with E-state index in [9.17, 15) is 4.79 Å². The van der Waals surface area contributed by atoms with Crippen molar-refractivity contribution in [3.8, 4) is 17.2 Å². The number of ether oxygens (including phenoxy) is 4. The van der Waals surface area contributed by atoms with Crippen LogP contribution in [0.5, 0.6) is 17.2 Å². The average Bonchev–Trinajstić information content (AvgIpc) is 3.30. The Hall–Kier alpha value is -3.51. The zero-order valence-electron chi connectivity index (χ0n) is 17.7. The van der Waals surface area contributed by atoms with E-state index in [-0.39, 0.29) is 24.7 Å². The predicted octanol–water partition coefficient (Wildman–Crippen LogP) is 4.04. The lowest BCUT2D eigenvalue weighted by atomic mass is 9.77. The summed E-state index contributed by atoms with van der Waals surface area (Å²) in [4.78, 5) is 15.7. The molecule has 0 aliphatic carbocycles. The Bertz CT molecular complexity index is 1180. The second-order valence-corrected chi connectivity index (χ2v) is 8.29. The largest absolute Gasteiger partial charge is 0.491 e. The number of benzene rings is 3. The molecule has 3 aromatic rings. The van der Waals surface area contributed by atoms with Gasteiger partial charge in [0.05, 0.1) is 6.04 Å². The van der Waals surface area contributed by atoms with Crippen LogP contribution in [0.2, 0.25) is 0 Å². The van der Waals surface area contributed by atoms with Gasteiger partial charge in [-0.3, -0.25) is 4.79 Å². The average molecular weight is 429 g/mol. The molecule has 0 saturated heterocycles. The van der Waals surface area contributed by atoms with E-state index in [1.165, 1.54) is 5.56 Å². The van der Waals surface area contributed by atoms with Crippen molar-refractivity contribution < 1.29 is 23.7 Å². The first-order valence-electron chi connectivity index (χ1n) is 10.8. The van der Waals surface area contributed by atoms with Gasteiger partial charge in [0.1, 0.15) is 12.4 Å². The molecule has 1 amide bonds. The Balaban J connectivity index is 1.44. The summed E-state index contributed by atoms with van der Waals surface area (Å²) < 4.78 is 23.0. The van der Waals surface area contributed by atoms with Gasteiger partial charge < -0.3 is 23.8 Å². The minimum atomic E-state index is -0.666. The molecule has 6 rings (SSSR count). The minimum Gasteiger partial charge on any atom is -0.491 e. The molecule has 0 spiro atoms. The van der Waals surface area contributed by atoms with Gasteiger partial charge in [-0.15, -0.1) is 0 Å². The zero-order chi connectivity index (χ0) is 21.7. The van der Waals surface area contributed by atoms with E-state index < -0.39 is 6.10 Å². The molecule has 1 unspecified atom stereocenters. The van der Waals surface area contributed by atoms with Crippen molar-refractivity contribution in [3.05, 3.63) is 89.0 Å². The molecule has 162 valence electrons. The quantitative estimate of drug-likeness (QED) is 0.629. The maximum absolute atomic E-state index is 13.8. The van der Waals surface area contributed by atoms with Gasteiger partial charge in [-0.05, 0) is 22.8 Å². The van der Waals surface area contributed by atoms with Gasteiger partial charge in [-0.2, -0.15) is 0 Å². The van der Waals surface area contributed by atoms with Crippen LogP contribution in [0.4, 0.5) is 0 Å². The predicted molar refractivity (Wildman–Crippen MR) is 117 cm³/mol. The summed E-state index contributed by atoms with van der Waals surface area (Å²) in [5, 5.41) is 0. The molecule has 3 aromatic carbocycles. The number of methoxy groups -OCH3 is 1. The first-order valence-corrected chi connectivity index (χ1v) is 10.8. The highest BCUT2D eigenvalue weighted by molar-refractivity contribution is 5.83. The highest BCUT2D eigenvalue weighted by Gasteiger charge is 2.44. The fourth-order valence-electron chi connectivity index (χ4n) is 5.11. The van der Waals surface area contributed by atoms with Crippen molar-refractivity contribution in [2.24, 2.45) is 0 Å². The summed E-state index contributed by atoms with van der Waals surface area (Å²) in [7, 11) is 1.58. The lowest BCUT2D eigenvalue weighted by molar-refractivity contribution is -0.147. The van der Waals surface area contributed by atoms with Gasteiger partial charge in [-0.1, -0.05) is 54.6 Å². The second kappa shape index (κ2) is 7.57. The van der Waals surface area contributed by atoms with Crippen LogP contribution in [0.15, 0.2) is 66.7 Å². The van der Waals surface area contributed by atoms with E-state index in [4.69, 9.17) is 18.9 Å². The second-order valence-electron chi connectivity index (χ2n) is 8.29. The molecular formula is C26H23NO5. The Morgan fingerprint density at radius 2 is 1.69 bits per heavy atom. The van der Waals surface area contributed by atoms with E-state index in [2.05, 4.69) is 18.2 Å². The van der Waals surface area contributed by atoms with Crippen molar-refractivity contribution in [3.63, 3.8) is 0 Å². The van der Waals surface area contributed by atoms with Gasteiger partial charge >= 0.3 is 0 Å². The number of hydrogen-bond acceptors (Lipinski definition) is 5. The van der Waals surface area contributed by atoms with E-state index in [0.29, 0.717) is 24.7 Å². The molecule has 3 heterocycles. The van der Waals surface area contributed by atoms with Crippen molar-refractivity contribution in [1.82, 2.24) is 4.90 Å². The normalized spacial score (nSPS) is 21.1. The smallest absolute Gasteiger partial charge is 0.257 e. The Morgan fingerprint density at radius 1 is 0.938 bits per heavy atom. The fraction of sp³-hybridized carbons (Fsp3) is 0.269. The molecule has 0 bridgehead atoms. The number of hydrogen-bond donors (Lipinski definition) is 0. The fourth-order valence-corrected chi connectivity index (χ4v) is 5.11. The van der Waals surface area contributed by atoms with Crippen LogP contribution >= 0.6 is 0 Å². The van der Waals surface area contributed by atoms with Crippen molar-refractivity contribution in [1.29, 1.82) is 0 Å². The molecule has 6 heteroatoms. The van der Waals surface area contributed by atoms with Crippen LogP contribution in [-0.2, 0) is 16.1 Å².